The molecular formula is C25H25ClFN5O5S. The van der Waals surface area contributed by atoms with Gasteiger partial charge >= 0.3 is 12.1 Å². The highest BCUT2D eigenvalue weighted by Crippen LogP contribution is 2.20. The molecule has 0 spiro atoms. The van der Waals surface area contributed by atoms with Gasteiger partial charge in [-0.3, -0.25) is 4.79 Å². The van der Waals surface area contributed by atoms with Gasteiger partial charge in [0.05, 0.1) is 10.6 Å². The highest BCUT2D eigenvalue weighted by atomic mass is 35.5. The lowest BCUT2D eigenvalue weighted by Crippen LogP contribution is -2.42. The largest absolute Gasteiger partial charge is 0.350 e. The van der Waals surface area contributed by atoms with Gasteiger partial charge in [-0.05, 0) is 73.5 Å². The molecule has 5 amide bonds. The van der Waals surface area contributed by atoms with E-state index in [1.54, 1.807) is 44.2 Å². The lowest BCUT2D eigenvalue weighted by atomic mass is 10.2. The van der Waals surface area contributed by atoms with Crippen LogP contribution in [0.5, 0.6) is 0 Å². The van der Waals surface area contributed by atoms with Crippen molar-refractivity contribution < 1.29 is 27.2 Å². The van der Waals surface area contributed by atoms with Crippen LogP contribution >= 0.6 is 11.6 Å². The molecule has 0 atom stereocenters. The molecule has 0 bridgehead atoms. The monoisotopic (exact) mass is 561 g/mol. The minimum atomic E-state index is -4.05. The predicted octanol–water partition coefficient (Wildman–Crippen LogP) is 4.16. The smallest absolute Gasteiger partial charge is 0.328 e. The van der Waals surface area contributed by atoms with Crippen molar-refractivity contribution in [3.63, 3.8) is 0 Å². The number of nitrogens with one attached hydrogen (secondary N) is 5. The van der Waals surface area contributed by atoms with Crippen LogP contribution in [-0.2, 0) is 10.0 Å². The van der Waals surface area contributed by atoms with E-state index in [9.17, 15) is 27.2 Å². The van der Waals surface area contributed by atoms with Crippen LogP contribution in [0.2, 0.25) is 5.02 Å². The average Bonchev–Trinajstić information content (AvgIpc) is 2.85. The summed E-state index contributed by atoms with van der Waals surface area (Å²) < 4.78 is 40.9. The Hall–Kier alpha value is -4.16. The molecule has 0 aliphatic rings. The molecule has 3 aromatic carbocycles. The van der Waals surface area contributed by atoms with Gasteiger partial charge in [0.25, 0.3) is 15.9 Å². The molecule has 0 radical (unpaired) electrons. The Morgan fingerprint density at radius 3 is 2.29 bits per heavy atom. The van der Waals surface area contributed by atoms with Crippen LogP contribution < -0.4 is 26.0 Å². The minimum Gasteiger partial charge on any atom is -0.350 e. The zero-order chi connectivity index (χ0) is 27.9. The third-order valence-corrected chi connectivity index (χ3v) is 6.87. The Kier molecular flexibility index (Phi) is 9.26. The Bertz CT molecular complexity index is 1480. The van der Waals surface area contributed by atoms with Gasteiger partial charge in [-0.1, -0.05) is 23.7 Å². The quantitative estimate of drug-likeness (QED) is 0.262. The lowest BCUT2D eigenvalue weighted by Gasteiger charge is -2.11. The van der Waals surface area contributed by atoms with E-state index in [4.69, 9.17) is 11.6 Å². The van der Waals surface area contributed by atoms with Crippen molar-refractivity contribution in [3.8, 4) is 0 Å². The van der Waals surface area contributed by atoms with Crippen molar-refractivity contribution in [2.75, 3.05) is 23.7 Å². The summed E-state index contributed by atoms with van der Waals surface area (Å²) in [5.74, 6) is -1.47. The summed E-state index contributed by atoms with van der Waals surface area (Å²) >= 11 is 5.96. The first kappa shape index (κ1) is 28.4. The van der Waals surface area contributed by atoms with E-state index in [-0.39, 0.29) is 29.2 Å². The van der Waals surface area contributed by atoms with Crippen LogP contribution in [0.25, 0.3) is 0 Å². The maximum absolute atomic E-state index is 14.5. The van der Waals surface area contributed by atoms with E-state index in [1.807, 2.05) is 4.72 Å². The van der Waals surface area contributed by atoms with Gasteiger partial charge in [-0.15, -0.1) is 0 Å². The molecule has 3 aromatic rings. The van der Waals surface area contributed by atoms with E-state index < -0.39 is 33.8 Å². The zero-order valence-corrected chi connectivity index (χ0v) is 22.0. The van der Waals surface area contributed by atoms with E-state index >= 15 is 0 Å². The Balaban J connectivity index is 1.46. The Morgan fingerprint density at radius 1 is 0.868 bits per heavy atom. The number of benzene rings is 3. The van der Waals surface area contributed by atoms with Gasteiger partial charge < -0.3 is 21.3 Å². The summed E-state index contributed by atoms with van der Waals surface area (Å²) in [6.45, 7) is 3.35. The molecule has 200 valence electrons. The fourth-order valence-corrected chi connectivity index (χ4v) is 4.37. The molecule has 0 aromatic heterocycles. The number of hydrogen-bond acceptors (Lipinski definition) is 5. The van der Waals surface area contributed by atoms with Gasteiger partial charge in [-0.25, -0.2) is 27.1 Å². The molecule has 0 heterocycles. The summed E-state index contributed by atoms with van der Waals surface area (Å²) in [4.78, 5) is 36.4. The van der Waals surface area contributed by atoms with Crippen molar-refractivity contribution in [1.82, 2.24) is 15.4 Å². The molecule has 0 fully saturated rings. The van der Waals surface area contributed by atoms with Crippen LogP contribution in [0.15, 0.2) is 65.6 Å². The number of rotatable bonds is 8. The molecule has 38 heavy (non-hydrogen) atoms. The van der Waals surface area contributed by atoms with Gasteiger partial charge in [-0.2, -0.15) is 0 Å². The molecule has 0 unspecified atom stereocenters. The summed E-state index contributed by atoms with van der Waals surface area (Å²) in [5, 5.41) is 10.3. The fourth-order valence-electron chi connectivity index (χ4n) is 3.22. The first-order chi connectivity index (χ1) is 17.9. The maximum atomic E-state index is 14.5. The Morgan fingerprint density at radius 2 is 1.61 bits per heavy atom. The van der Waals surface area contributed by atoms with Crippen molar-refractivity contribution in [3.05, 3.63) is 88.2 Å². The van der Waals surface area contributed by atoms with Gasteiger partial charge in [0.15, 0.2) is 0 Å². The molecule has 10 nitrogen and oxygen atoms in total. The molecule has 3 rings (SSSR count). The van der Waals surface area contributed by atoms with Crippen LogP contribution in [0.3, 0.4) is 0 Å². The molecule has 0 aliphatic heterocycles. The second-order valence-corrected chi connectivity index (χ2v) is 10.3. The van der Waals surface area contributed by atoms with Crippen molar-refractivity contribution in [2.45, 2.75) is 18.7 Å². The van der Waals surface area contributed by atoms with Crippen LogP contribution in [0, 0.1) is 19.7 Å². The zero-order valence-electron chi connectivity index (χ0n) is 20.4. The highest BCUT2D eigenvalue weighted by molar-refractivity contribution is 7.90. The number of anilines is 2. The van der Waals surface area contributed by atoms with Gasteiger partial charge in [0.2, 0.25) is 0 Å². The van der Waals surface area contributed by atoms with E-state index in [0.29, 0.717) is 16.3 Å². The number of urea groups is 2. The van der Waals surface area contributed by atoms with Crippen LogP contribution in [-0.4, -0.2) is 39.5 Å². The molecule has 13 heteroatoms. The normalized spacial score (nSPS) is 10.8. The predicted molar refractivity (Wildman–Crippen MR) is 142 cm³/mol. The SMILES string of the molecule is Cc1cccc(S(=O)(=O)NC(=O)NCCNC(=O)c2ccc(NC(=O)Nc3ccc(Cl)c(C)c3)c(F)c2)c1. The standard InChI is InChI=1S/C25H25ClFN5O5S/c1-15-4-3-5-19(12-15)38(36,37)32-24(34)29-11-10-28-23(33)17-6-9-22(21(27)14-17)31-25(35)30-18-7-8-20(26)16(2)13-18/h3-9,12-14H,10-11H2,1-2H3,(H,28,33)(H2,29,32,34)(H2,30,31,35). The van der Waals surface area contributed by atoms with Crippen molar-refractivity contribution in [1.29, 1.82) is 0 Å². The number of hydrogen-bond donors (Lipinski definition) is 5. The maximum Gasteiger partial charge on any atom is 0.328 e. The topological polar surface area (TPSA) is 146 Å². The van der Waals surface area contributed by atoms with Gasteiger partial charge in [0, 0.05) is 29.4 Å². The first-order valence-electron chi connectivity index (χ1n) is 11.2. The summed E-state index contributed by atoms with van der Waals surface area (Å²) in [5.41, 5.74) is 1.78. The molecule has 0 aliphatic carbocycles. The van der Waals surface area contributed by atoms with Crippen molar-refractivity contribution >= 4 is 51.0 Å². The number of halogens is 2. The molecule has 0 saturated carbocycles. The van der Waals surface area contributed by atoms with E-state index in [2.05, 4.69) is 21.3 Å². The second kappa shape index (κ2) is 12.4. The average molecular weight is 562 g/mol. The number of carbonyl (C=O) groups is 3. The minimum absolute atomic E-state index is 0.0201. The third-order valence-electron chi connectivity index (χ3n) is 5.12. The first-order valence-corrected chi connectivity index (χ1v) is 13.1. The van der Waals surface area contributed by atoms with Crippen LogP contribution in [0.4, 0.5) is 25.4 Å². The lowest BCUT2D eigenvalue weighted by molar-refractivity contribution is 0.0953. The van der Waals surface area contributed by atoms with E-state index in [1.165, 1.54) is 24.3 Å². The number of amides is 5. The number of carbonyl (C=O) groups excluding carboxylic acids is 3. The second-order valence-electron chi connectivity index (χ2n) is 8.17. The van der Waals surface area contributed by atoms with Crippen LogP contribution in [0.1, 0.15) is 21.5 Å². The van der Waals surface area contributed by atoms with Gasteiger partial charge in [0.1, 0.15) is 5.82 Å². The number of aryl methyl sites for hydroxylation is 2. The summed E-state index contributed by atoms with van der Waals surface area (Å²) in [7, 11) is -4.05. The van der Waals surface area contributed by atoms with Crippen molar-refractivity contribution in [2.24, 2.45) is 0 Å². The number of sulfonamides is 1. The highest BCUT2D eigenvalue weighted by Gasteiger charge is 2.17. The fraction of sp³-hybridized carbons (Fsp3) is 0.160. The molecule has 0 saturated heterocycles. The third kappa shape index (κ3) is 7.92. The van der Waals surface area contributed by atoms with E-state index in [0.717, 1.165) is 11.6 Å². The summed E-state index contributed by atoms with van der Waals surface area (Å²) in [6, 6.07) is 12.8. The molecular weight excluding hydrogens is 537 g/mol. The Labute approximate surface area is 224 Å². The molecule has 5 N–H and O–H groups in total. The summed E-state index contributed by atoms with van der Waals surface area (Å²) in [6.07, 6.45) is 0.